The molecule has 0 bridgehead atoms. The maximum atomic E-state index is 13.4. The van der Waals surface area contributed by atoms with Gasteiger partial charge >= 0.3 is 0 Å². The molecule has 0 spiro atoms. The molecule has 2 aliphatic heterocycles. The highest BCUT2D eigenvalue weighted by Crippen LogP contribution is 2.19. The lowest BCUT2D eigenvalue weighted by molar-refractivity contribution is -0.140. The van der Waals surface area contributed by atoms with Crippen molar-refractivity contribution < 1.29 is 29.1 Å². The fourth-order valence-corrected chi connectivity index (χ4v) is 4.42. The van der Waals surface area contributed by atoms with E-state index in [1.807, 2.05) is 13.8 Å². The van der Waals surface area contributed by atoms with Crippen LogP contribution < -0.4 is 21.3 Å². The van der Waals surface area contributed by atoms with Gasteiger partial charge in [0.15, 0.2) is 0 Å². The molecule has 2 saturated heterocycles. The van der Waals surface area contributed by atoms with Crippen LogP contribution in [-0.4, -0.2) is 76.8 Å². The molecule has 11 nitrogen and oxygen atoms in total. The lowest BCUT2D eigenvalue weighted by Crippen LogP contribution is -2.59. The van der Waals surface area contributed by atoms with Gasteiger partial charge in [-0.15, -0.1) is 0 Å². The van der Waals surface area contributed by atoms with Crippen LogP contribution in [0.2, 0.25) is 0 Å². The smallest absolute Gasteiger partial charge is 0.243 e. The highest BCUT2D eigenvalue weighted by atomic mass is 16.3. The van der Waals surface area contributed by atoms with E-state index >= 15 is 0 Å². The second-order valence-electron chi connectivity index (χ2n) is 9.50. The van der Waals surface area contributed by atoms with E-state index in [9.17, 15) is 29.1 Å². The van der Waals surface area contributed by atoms with Gasteiger partial charge in [0.2, 0.25) is 29.5 Å². The lowest BCUT2D eigenvalue weighted by Gasteiger charge is -2.29. The minimum atomic E-state index is -1.05. The molecular formula is C25H35N5O6. The molecule has 0 aliphatic carbocycles. The second-order valence-corrected chi connectivity index (χ2v) is 9.50. The Kier molecular flexibility index (Phi) is 8.89. The third-order valence-electron chi connectivity index (χ3n) is 6.84. The number of phenolic OH excluding ortho intramolecular Hbond substituents is 1. The summed E-state index contributed by atoms with van der Waals surface area (Å²) < 4.78 is 0. The summed E-state index contributed by atoms with van der Waals surface area (Å²) in [6, 6.07) is 2.56. The summed E-state index contributed by atoms with van der Waals surface area (Å²) in [6.45, 7) is 5.29. The van der Waals surface area contributed by atoms with Crippen LogP contribution in [0.25, 0.3) is 0 Å². The van der Waals surface area contributed by atoms with E-state index in [1.165, 1.54) is 24.0 Å². The summed E-state index contributed by atoms with van der Waals surface area (Å²) in [5.41, 5.74) is 0.680. The number of aromatic hydroxyl groups is 1. The van der Waals surface area contributed by atoms with Gasteiger partial charge in [-0.3, -0.25) is 24.0 Å². The number of hydrogen-bond acceptors (Lipinski definition) is 6. The molecular weight excluding hydrogens is 466 g/mol. The third-order valence-corrected chi connectivity index (χ3v) is 6.84. The number of benzene rings is 1. The van der Waals surface area contributed by atoms with Crippen molar-refractivity contribution >= 4 is 29.5 Å². The van der Waals surface area contributed by atoms with E-state index in [2.05, 4.69) is 21.3 Å². The molecule has 0 unspecified atom stereocenters. The largest absolute Gasteiger partial charge is 0.508 e. The fraction of sp³-hybridized carbons (Fsp3) is 0.560. The van der Waals surface area contributed by atoms with Crippen LogP contribution in [0.1, 0.15) is 45.6 Å². The second kappa shape index (κ2) is 11.9. The van der Waals surface area contributed by atoms with Gasteiger partial charge in [-0.1, -0.05) is 32.4 Å². The fourth-order valence-electron chi connectivity index (χ4n) is 4.42. The summed E-state index contributed by atoms with van der Waals surface area (Å²) in [5.74, 6) is -2.68. The van der Waals surface area contributed by atoms with Crippen molar-refractivity contribution in [2.24, 2.45) is 5.92 Å². The first kappa shape index (κ1) is 27.0. The van der Waals surface area contributed by atoms with Crippen LogP contribution in [0.5, 0.6) is 5.75 Å². The predicted molar refractivity (Wildman–Crippen MR) is 130 cm³/mol. The van der Waals surface area contributed by atoms with Crippen LogP contribution in [0.15, 0.2) is 24.3 Å². The molecule has 0 radical (unpaired) electrons. The number of hydrogen-bond donors (Lipinski definition) is 5. The van der Waals surface area contributed by atoms with Gasteiger partial charge in [-0.2, -0.15) is 0 Å². The van der Waals surface area contributed by atoms with Gasteiger partial charge in [0.25, 0.3) is 0 Å². The Morgan fingerprint density at radius 2 is 1.67 bits per heavy atom. The van der Waals surface area contributed by atoms with E-state index in [0.29, 0.717) is 31.4 Å². The van der Waals surface area contributed by atoms with E-state index < -0.39 is 53.7 Å². The Morgan fingerprint density at radius 3 is 2.33 bits per heavy atom. The molecule has 5 amide bonds. The molecule has 11 heteroatoms. The number of nitrogens with one attached hydrogen (secondary N) is 4. The zero-order valence-corrected chi connectivity index (χ0v) is 20.9. The number of rotatable bonds is 4. The van der Waals surface area contributed by atoms with Crippen molar-refractivity contribution in [3.05, 3.63) is 29.8 Å². The van der Waals surface area contributed by atoms with Crippen molar-refractivity contribution in [1.82, 2.24) is 26.2 Å². The van der Waals surface area contributed by atoms with E-state index in [-0.39, 0.29) is 24.6 Å². The molecule has 3 rings (SSSR count). The van der Waals surface area contributed by atoms with Crippen molar-refractivity contribution in [3.63, 3.8) is 0 Å². The van der Waals surface area contributed by atoms with Gasteiger partial charge in [0.1, 0.15) is 29.9 Å². The first-order chi connectivity index (χ1) is 17.1. The number of amides is 5. The molecule has 2 aliphatic rings. The van der Waals surface area contributed by atoms with Gasteiger partial charge < -0.3 is 31.3 Å². The molecule has 0 aromatic heterocycles. The Morgan fingerprint density at radius 1 is 0.972 bits per heavy atom. The topological polar surface area (TPSA) is 157 Å². The standard InChI is InChI=1S/C25H35N5O6/c1-4-14(2)21-25(36)28-18(12-16-7-9-17(31)10-8-16)23(34)27-15(3)22(33)26-13-20(32)30-11-5-6-19(30)24(35)29-21/h7-10,14-15,18-19,21,31H,4-6,11-13H2,1-3H3,(H,26,33)(H,27,34)(H,28,36)(H,29,35)/t14-,15-,18-,19-,21-/m0/s1. The average Bonchev–Trinajstić information content (AvgIpc) is 3.35. The number of fused-ring (bicyclic) bond motifs is 1. The summed E-state index contributed by atoms with van der Waals surface area (Å²) >= 11 is 0. The Labute approximate surface area is 210 Å². The van der Waals surface area contributed by atoms with Crippen molar-refractivity contribution in [2.45, 2.75) is 70.6 Å². The Hall–Kier alpha value is -3.63. The van der Waals surface area contributed by atoms with Crippen LogP contribution in [0, 0.1) is 5.92 Å². The molecule has 2 fully saturated rings. The van der Waals surface area contributed by atoms with Crippen molar-refractivity contribution in [2.75, 3.05) is 13.1 Å². The average molecular weight is 502 g/mol. The first-order valence-corrected chi connectivity index (χ1v) is 12.4. The molecule has 196 valence electrons. The molecule has 1 aromatic carbocycles. The van der Waals surface area contributed by atoms with Crippen LogP contribution >= 0.6 is 0 Å². The van der Waals surface area contributed by atoms with Crippen molar-refractivity contribution in [3.8, 4) is 5.75 Å². The number of nitrogens with zero attached hydrogens (tertiary/aromatic N) is 1. The highest BCUT2D eigenvalue weighted by molar-refractivity contribution is 5.97. The van der Waals surface area contributed by atoms with Crippen molar-refractivity contribution in [1.29, 1.82) is 0 Å². The van der Waals surface area contributed by atoms with E-state index in [4.69, 9.17) is 0 Å². The Balaban J connectivity index is 1.92. The summed E-state index contributed by atoms with van der Waals surface area (Å²) in [7, 11) is 0. The summed E-state index contributed by atoms with van der Waals surface area (Å²) in [6.07, 6.45) is 1.79. The number of carbonyl (C=O) groups is 5. The molecule has 2 heterocycles. The highest BCUT2D eigenvalue weighted by Gasteiger charge is 2.38. The summed E-state index contributed by atoms with van der Waals surface area (Å²) in [4.78, 5) is 66.4. The molecule has 1 aromatic rings. The quantitative estimate of drug-likeness (QED) is 0.377. The Bertz CT molecular complexity index is 997. The zero-order chi connectivity index (χ0) is 26.4. The van der Waals surface area contributed by atoms with E-state index in [1.54, 1.807) is 12.1 Å². The van der Waals surface area contributed by atoms with Crippen LogP contribution in [0.3, 0.4) is 0 Å². The third kappa shape index (κ3) is 6.52. The molecule has 36 heavy (non-hydrogen) atoms. The zero-order valence-electron chi connectivity index (χ0n) is 20.9. The molecule has 5 atom stereocenters. The van der Waals surface area contributed by atoms with Crippen LogP contribution in [0.4, 0.5) is 0 Å². The molecule has 5 N–H and O–H groups in total. The number of phenols is 1. The lowest BCUT2D eigenvalue weighted by atomic mass is 9.96. The maximum absolute atomic E-state index is 13.4. The minimum absolute atomic E-state index is 0.0645. The summed E-state index contributed by atoms with van der Waals surface area (Å²) in [5, 5.41) is 20.3. The SMILES string of the molecule is CC[C@H](C)[C@@H]1NC(=O)[C@@H]2CCCN2C(=O)CNC(=O)[C@H](C)NC(=O)[C@H](Cc2ccc(O)cc2)NC1=O. The van der Waals surface area contributed by atoms with E-state index in [0.717, 1.165) is 0 Å². The van der Waals surface area contributed by atoms with Gasteiger partial charge in [0.05, 0.1) is 6.54 Å². The van der Waals surface area contributed by atoms with Gasteiger partial charge in [-0.05, 0) is 43.4 Å². The normalized spacial score (nSPS) is 27.1. The molecule has 0 saturated carbocycles. The predicted octanol–water partition coefficient (Wildman–Crippen LogP) is -0.424. The van der Waals surface area contributed by atoms with Gasteiger partial charge in [0, 0.05) is 13.0 Å². The monoisotopic (exact) mass is 501 g/mol. The van der Waals surface area contributed by atoms with Crippen LogP contribution in [-0.2, 0) is 30.4 Å². The minimum Gasteiger partial charge on any atom is -0.508 e. The number of carbonyl (C=O) groups excluding carboxylic acids is 5. The van der Waals surface area contributed by atoms with Gasteiger partial charge in [-0.25, -0.2) is 0 Å². The maximum Gasteiger partial charge on any atom is 0.243 e. The first-order valence-electron chi connectivity index (χ1n) is 12.4.